The van der Waals surface area contributed by atoms with E-state index in [4.69, 9.17) is 12.8 Å². The molecule has 0 aromatic heterocycles. The lowest BCUT2D eigenvalue weighted by Gasteiger charge is -2.39. The topological polar surface area (TPSA) is 6.48 Å². The largest absolute Gasteiger partial charge is 0.290 e. The molecule has 1 saturated heterocycles. The smallest absolute Gasteiger partial charge is 0.135 e. The highest BCUT2D eigenvalue weighted by Crippen LogP contribution is 2.22. The van der Waals surface area contributed by atoms with Gasteiger partial charge in [-0.25, -0.2) is 0 Å². The van der Waals surface area contributed by atoms with Crippen LogP contribution in [-0.4, -0.2) is 47.0 Å². The molecular weight excluding hydrogens is 240 g/mol. The molecule has 0 amide bonds. The van der Waals surface area contributed by atoms with E-state index in [0.717, 1.165) is 32.7 Å². The van der Waals surface area contributed by atoms with Crippen LogP contribution in [0.3, 0.4) is 0 Å². The number of alkyl halides is 1. The summed E-state index contributed by atoms with van der Waals surface area (Å²) in [4.78, 5) is 4.51. The molecule has 0 N–H and O–H groups in total. The Morgan fingerprint density at radius 1 is 1.29 bits per heavy atom. The maximum Gasteiger partial charge on any atom is 0.135 e. The Balaban J connectivity index is 2.45. The van der Waals surface area contributed by atoms with Crippen LogP contribution >= 0.6 is 15.9 Å². The van der Waals surface area contributed by atoms with Crippen molar-refractivity contribution in [1.82, 2.24) is 9.80 Å². The minimum atomic E-state index is -0.310. The molecule has 1 aliphatic rings. The molecule has 2 nitrogen and oxygen atoms in total. The van der Waals surface area contributed by atoms with Gasteiger partial charge in [0.15, 0.2) is 0 Å². The molecule has 0 aromatic rings. The van der Waals surface area contributed by atoms with E-state index >= 15 is 0 Å². The molecule has 0 aromatic carbocycles. The van der Waals surface area contributed by atoms with Crippen molar-refractivity contribution in [3.05, 3.63) is 0 Å². The lowest BCUT2D eigenvalue weighted by Crippen LogP contribution is -2.52. The Kier molecular flexibility index (Phi) is 4.01. The van der Waals surface area contributed by atoms with Crippen LogP contribution < -0.4 is 0 Å². The maximum absolute atomic E-state index is 5.45. The Hall–Kier alpha value is -0.480. The maximum atomic E-state index is 5.45. The molecule has 1 unspecified atom stereocenters. The third-order valence-corrected chi connectivity index (χ3v) is 3.27. The standard InChI is InChI=1S/C11H15BrN2/c1-4-6-13-7-9-14(10-8-13)11(3,12)5-2/h1-2H,6-10H2,3H3. The van der Waals surface area contributed by atoms with E-state index in [1.165, 1.54) is 0 Å². The molecule has 0 aliphatic carbocycles. The average Bonchev–Trinajstić information content (AvgIpc) is 2.19. The van der Waals surface area contributed by atoms with Crippen LogP contribution in [0, 0.1) is 24.7 Å². The number of rotatable bonds is 2. The predicted molar refractivity (Wildman–Crippen MR) is 63.0 cm³/mol. The van der Waals surface area contributed by atoms with Crippen molar-refractivity contribution in [2.75, 3.05) is 32.7 Å². The number of halogens is 1. The summed E-state index contributed by atoms with van der Waals surface area (Å²) >= 11 is 3.53. The van der Waals surface area contributed by atoms with E-state index in [0.29, 0.717) is 0 Å². The Morgan fingerprint density at radius 3 is 2.29 bits per heavy atom. The van der Waals surface area contributed by atoms with E-state index in [1.807, 2.05) is 6.92 Å². The third-order valence-electron chi connectivity index (χ3n) is 2.54. The van der Waals surface area contributed by atoms with E-state index in [2.05, 4.69) is 37.6 Å². The molecule has 0 saturated carbocycles. The molecule has 0 radical (unpaired) electrons. The monoisotopic (exact) mass is 254 g/mol. The Morgan fingerprint density at radius 2 is 1.86 bits per heavy atom. The summed E-state index contributed by atoms with van der Waals surface area (Å²) in [5.74, 6) is 5.40. The number of terminal acetylenes is 2. The zero-order chi connectivity index (χ0) is 10.6. The number of hydrogen-bond donors (Lipinski definition) is 0. The second-order valence-corrected chi connectivity index (χ2v) is 5.11. The quantitative estimate of drug-likeness (QED) is 0.412. The zero-order valence-corrected chi connectivity index (χ0v) is 10.0. The molecule has 0 spiro atoms. The molecule has 1 atom stereocenters. The van der Waals surface area contributed by atoms with Crippen LogP contribution in [-0.2, 0) is 0 Å². The van der Waals surface area contributed by atoms with Crippen LogP contribution in [0.25, 0.3) is 0 Å². The number of hydrogen-bond acceptors (Lipinski definition) is 2. The molecular formula is C11H15BrN2. The van der Waals surface area contributed by atoms with Gasteiger partial charge in [-0.1, -0.05) is 27.8 Å². The molecule has 76 valence electrons. The van der Waals surface area contributed by atoms with Crippen molar-refractivity contribution in [1.29, 1.82) is 0 Å². The summed E-state index contributed by atoms with van der Waals surface area (Å²) in [6.07, 6.45) is 10.7. The van der Waals surface area contributed by atoms with Gasteiger partial charge in [-0.3, -0.25) is 9.80 Å². The number of piperazine rings is 1. The Labute approximate surface area is 94.8 Å². The first-order valence-electron chi connectivity index (χ1n) is 4.67. The van der Waals surface area contributed by atoms with Crippen LogP contribution in [0.15, 0.2) is 0 Å². The molecule has 1 aliphatic heterocycles. The van der Waals surface area contributed by atoms with E-state index in [-0.39, 0.29) is 4.45 Å². The minimum Gasteiger partial charge on any atom is -0.290 e. The lowest BCUT2D eigenvalue weighted by molar-refractivity contribution is 0.121. The first-order chi connectivity index (χ1) is 6.60. The van der Waals surface area contributed by atoms with Crippen molar-refractivity contribution in [2.45, 2.75) is 11.4 Å². The fraction of sp³-hybridized carbons (Fsp3) is 0.636. The van der Waals surface area contributed by atoms with Gasteiger partial charge in [0, 0.05) is 26.2 Å². The first kappa shape index (κ1) is 11.6. The highest BCUT2D eigenvalue weighted by Gasteiger charge is 2.29. The van der Waals surface area contributed by atoms with Gasteiger partial charge in [-0.15, -0.1) is 12.8 Å². The molecule has 3 heteroatoms. The van der Waals surface area contributed by atoms with Crippen molar-refractivity contribution < 1.29 is 0 Å². The molecule has 1 fully saturated rings. The van der Waals surface area contributed by atoms with Crippen molar-refractivity contribution in [3.8, 4) is 24.7 Å². The SMILES string of the molecule is C#CCN1CCN(C(C)(Br)C#C)CC1. The van der Waals surface area contributed by atoms with Crippen LogP contribution in [0.5, 0.6) is 0 Å². The fourth-order valence-corrected chi connectivity index (χ4v) is 1.90. The van der Waals surface area contributed by atoms with Gasteiger partial charge in [-0.05, 0) is 6.92 Å². The summed E-state index contributed by atoms with van der Waals surface area (Å²) in [6, 6.07) is 0. The summed E-state index contributed by atoms with van der Waals surface area (Å²) in [5.41, 5.74) is 0. The minimum absolute atomic E-state index is 0.310. The van der Waals surface area contributed by atoms with E-state index in [9.17, 15) is 0 Å². The van der Waals surface area contributed by atoms with Gasteiger partial charge >= 0.3 is 0 Å². The fourth-order valence-electron chi connectivity index (χ4n) is 1.55. The summed E-state index contributed by atoms with van der Waals surface area (Å²) < 4.78 is -0.310. The van der Waals surface area contributed by atoms with Crippen LogP contribution in [0.1, 0.15) is 6.92 Å². The molecule has 1 rings (SSSR count). The lowest BCUT2D eigenvalue weighted by atomic mass is 10.2. The molecule has 0 bridgehead atoms. The molecule has 1 heterocycles. The van der Waals surface area contributed by atoms with Gasteiger partial charge in [-0.2, -0.15) is 0 Å². The predicted octanol–water partition coefficient (Wildman–Crippen LogP) is 0.982. The summed E-state index contributed by atoms with van der Waals surface area (Å²) in [7, 11) is 0. The highest BCUT2D eigenvalue weighted by atomic mass is 79.9. The van der Waals surface area contributed by atoms with Gasteiger partial charge in [0.25, 0.3) is 0 Å². The normalized spacial score (nSPS) is 23.4. The second kappa shape index (κ2) is 4.84. The number of nitrogens with zero attached hydrogens (tertiary/aromatic N) is 2. The summed E-state index contributed by atoms with van der Waals surface area (Å²) in [5, 5.41) is 0. The zero-order valence-electron chi connectivity index (χ0n) is 8.46. The van der Waals surface area contributed by atoms with Crippen LogP contribution in [0.4, 0.5) is 0 Å². The van der Waals surface area contributed by atoms with Crippen LogP contribution in [0.2, 0.25) is 0 Å². The van der Waals surface area contributed by atoms with Gasteiger partial charge in [0.05, 0.1) is 6.54 Å². The highest BCUT2D eigenvalue weighted by molar-refractivity contribution is 9.10. The van der Waals surface area contributed by atoms with Crippen molar-refractivity contribution in [3.63, 3.8) is 0 Å². The first-order valence-corrected chi connectivity index (χ1v) is 5.47. The third kappa shape index (κ3) is 2.75. The average molecular weight is 255 g/mol. The van der Waals surface area contributed by atoms with Crippen molar-refractivity contribution >= 4 is 15.9 Å². The van der Waals surface area contributed by atoms with E-state index in [1.54, 1.807) is 0 Å². The second-order valence-electron chi connectivity index (χ2n) is 3.57. The van der Waals surface area contributed by atoms with Crippen molar-refractivity contribution in [2.24, 2.45) is 0 Å². The van der Waals surface area contributed by atoms with Gasteiger partial charge < -0.3 is 0 Å². The Bertz CT molecular complexity index is 264. The van der Waals surface area contributed by atoms with Gasteiger partial charge in [0.1, 0.15) is 4.45 Å². The summed E-state index contributed by atoms with van der Waals surface area (Å²) in [6.45, 7) is 6.66. The van der Waals surface area contributed by atoms with Gasteiger partial charge in [0.2, 0.25) is 0 Å². The molecule has 14 heavy (non-hydrogen) atoms. The van der Waals surface area contributed by atoms with E-state index < -0.39 is 0 Å².